The smallest absolute Gasteiger partial charge is 0.316 e. The van der Waals surface area contributed by atoms with E-state index in [1.54, 1.807) is 4.90 Å². The van der Waals surface area contributed by atoms with Crippen molar-refractivity contribution in [1.29, 1.82) is 0 Å². The normalized spacial score (nSPS) is 30.3. The first-order chi connectivity index (χ1) is 12.5. The van der Waals surface area contributed by atoms with Crippen molar-refractivity contribution in [2.75, 3.05) is 6.54 Å². The molecule has 138 valence electrons. The molecule has 0 aromatic heterocycles. The van der Waals surface area contributed by atoms with Gasteiger partial charge in [0, 0.05) is 18.9 Å². The highest BCUT2D eigenvalue weighted by molar-refractivity contribution is 5.99. The number of hydrogen-bond donors (Lipinski definition) is 1. The number of amides is 1. The van der Waals surface area contributed by atoms with Gasteiger partial charge in [-0.3, -0.25) is 9.59 Å². The summed E-state index contributed by atoms with van der Waals surface area (Å²) in [4.78, 5) is 26.7. The van der Waals surface area contributed by atoms with Crippen LogP contribution in [0, 0.1) is 5.92 Å². The molecule has 1 aromatic carbocycles. The van der Waals surface area contributed by atoms with E-state index < -0.39 is 17.6 Å². The minimum atomic E-state index is -1.04. The lowest BCUT2D eigenvalue weighted by molar-refractivity contribution is -0.180. The number of nitrogens with zero attached hydrogens (tertiary/aromatic N) is 1. The molecule has 1 amide bonds. The Hall–Kier alpha value is -2.30. The molecule has 0 saturated carbocycles. The van der Waals surface area contributed by atoms with Crippen LogP contribution in [0.15, 0.2) is 35.9 Å². The maximum absolute atomic E-state index is 13.1. The third-order valence-corrected chi connectivity index (χ3v) is 6.06. The molecular weight excluding hydrogens is 330 g/mol. The number of para-hydroxylation sites is 1. The second-order valence-corrected chi connectivity index (χ2v) is 7.79. The fourth-order valence-electron chi connectivity index (χ4n) is 4.72. The van der Waals surface area contributed by atoms with Crippen molar-refractivity contribution in [3.05, 3.63) is 41.5 Å². The van der Waals surface area contributed by atoms with Crippen molar-refractivity contribution >= 4 is 11.9 Å². The van der Waals surface area contributed by atoms with E-state index in [4.69, 9.17) is 4.74 Å². The summed E-state index contributed by atoms with van der Waals surface area (Å²) in [5, 5.41) is 9.77. The lowest BCUT2D eigenvalue weighted by atomic mass is 9.73. The van der Waals surface area contributed by atoms with Crippen LogP contribution in [0.25, 0.3) is 0 Å². The Balaban J connectivity index is 1.66. The lowest BCUT2D eigenvalue weighted by Gasteiger charge is -2.52. The van der Waals surface area contributed by atoms with Gasteiger partial charge < -0.3 is 14.7 Å². The van der Waals surface area contributed by atoms with Crippen LogP contribution < -0.4 is 4.74 Å². The Bertz CT molecular complexity index is 771. The van der Waals surface area contributed by atoms with Crippen molar-refractivity contribution in [3.8, 4) is 5.75 Å². The van der Waals surface area contributed by atoms with Crippen molar-refractivity contribution in [2.24, 2.45) is 5.92 Å². The van der Waals surface area contributed by atoms with Crippen LogP contribution >= 0.6 is 0 Å². The third kappa shape index (κ3) is 2.79. The van der Waals surface area contributed by atoms with Gasteiger partial charge in [-0.15, -0.1) is 0 Å². The molecule has 1 N–H and O–H groups in total. The number of likely N-dealkylation sites (tertiary alicyclic amines) is 1. The number of rotatable bonds is 4. The van der Waals surface area contributed by atoms with Crippen LogP contribution in [0.3, 0.4) is 0 Å². The molecule has 1 fully saturated rings. The largest absolute Gasteiger partial charge is 0.481 e. The number of carbonyl (C=O) groups is 2. The summed E-state index contributed by atoms with van der Waals surface area (Å²) in [5.74, 6) is -2.02. The van der Waals surface area contributed by atoms with E-state index in [0.29, 0.717) is 18.7 Å². The standard InChI is InChI=1S/C21H25NO4/c1-21-13-16(15-9-5-6-10-17(15)26-21)18(20(24)25)19(23)22(21)12-11-14-7-3-2-4-8-14/h5-7,9-10,16,18H,2-4,8,11-13H2,1H3,(H,24,25)/t16-,18-,21-/m0/s1. The molecule has 1 aromatic rings. The van der Waals surface area contributed by atoms with Gasteiger partial charge in [0.05, 0.1) is 0 Å². The van der Waals surface area contributed by atoms with Gasteiger partial charge >= 0.3 is 5.97 Å². The molecule has 3 aliphatic rings. The van der Waals surface area contributed by atoms with E-state index in [2.05, 4.69) is 6.08 Å². The zero-order valence-corrected chi connectivity index (χ0v) is 15.1. The van der Waals surface area contributed by atoms with Crippen LogP contribution in [0.4, 0.5) is 0 Å². The van der Waals surface area contributed by atoms with Gasteiger partial charge in [0.15, 0.2) is 5.72 Å². The SMILES string of the molecule is C[C@@]12C[C@@H](c3ccccc3O1)[C@H](C(=O)O)C(=O)N2CCC1=CCCCC1. The van der Waals surface area contributed by atoms with Crippen LogP contribution in [-0.4, -0.2) is 34.2 Å². The summed E-state index contributed by atoms with van der Waals surface area (Å²) in [6.07, 6.45) is 8.19. The van der Waals surface area contributed by atoms with Gasteiger partial charge in [-0.05, 0) is 50.7 Å². The average molecular weight is 355 g/mol. The highest BCUT2D eigenvalue weighted by atomic mass is 16.5. The number of aliphatic carboxylic acids is 1. The van der Waals surface area contributed by atoms with Crippen molar-refractivity contribution in [1.82, 2.24) is 4.90 Å². The molecule has 26 heavy (non-hydrogen) atoms. The zero-order chi connectivity index (χ0) is 18.3. The van der Waals surface area contributed by atoms with Crippen molar-refractivity contribution < 1.29 is 19.4 Å². The summed E-state index contributed by atoms with van der Waals surface area (Å²) in [5.41, 5.74) is 1.43. The van der Waals surface area contributed by atoms with Gasteiger partial charge in [0.25, 0.3) is 0 Å². The van der Waals surface area contributed by atoms with Crippen LogP contribution in [-0.2, 0) is 9.59 Å². The first kappa shape index (κ1) is 17.1. The molecule has 2 aliphatic heterocycles. The lowest BCUT2D eigenvalue weighted by Crippen LogP contribution is -2.64. The fourth-order valence-corrected chi connectivity index (χ4v) is 4.72. The topological polar surface area (TPSA) is 66.8 Å². The van der Waals surface area contributed by atoms with Gasteiger partial charge in [-0.1, -0.05) is 29.8 Å². The van der Waals surface area contributed by atoms with E-state index in [-0.39, 0.29) is 11.8 Å². The molecule has 2 bridgehead atoms. The number of allylic oxidation sites excluding steroid dienone is 1. The highest BCUT2D eigenvalue weighted by Crippen LogP contribution is 2.50. The average Bonchev–Trinajstić information content (AvgIpc) is 2.61. The summed E-state index contributed by atoms with van der Waals surface area (Å²) < 4.78 is 6.23. The first-order valence-corrected chi connectivity index (χ1v) is 9.50. The Morgan fingerprint density at radius 2 is 2.15 bits per heavy atom. The Labute approximate surface area is 153 Å². The second kappa shape index (κ2) is 6.45. The monoisotopic (exact) mass is 355 g/mol. The number of piperidine rings is 1. The second-order valence-electron chi connectivity index (χ2n) is 7.79. The molecule has 5 nitrogen and oxygen atoms in total. The van der Waals surface area contributed by atoms with E-state index in [1.807, 2.05) is 31.2 Å². The molecule has 0 unspecified atom stereocenters. The van der Waals surface area contributed by atoms with Gasteiger partial charge in [0.2, 0.25) is 5.91 Å². The molecule has 0 radical (unpaired) electrons. The molecule has 2 heterocycles. The summed E-state index contributed by atoms with van der Waals surface area (Å²) >= 11 is 0. The summed E-state index contributed by atoms with van der Waals surface area (Å²) in [6, 6.07) is 7.51. The predicted octanol–water partition coefficient (Wildman–Crippen LogP) is 3.70. The van der Waals surface area contributed by atoms with Gasteiger partial charge in [0.1, 0.15) is 11.7 Å². The summed E-state index contributed by atoms with van der Waals surface area (Å²) in [6.45, 7) is 2.43. The number of carboxylic acid groups (broad SMARTS) is 1. The number of benzene rings is 1. The maximum atomic E-state index is 13.1. The molecule has 3 atom stereocenters. The molecule has 1 saturated heterocycles. The predicted molar refractivity (Wildman–Crippen MR) is 96.8 cm³/mol. The molecule has 0 spiro atoms. The molecule has 5 heteroatoms. The highest BCUT2D eigenvalue weighted by Gasteiger charge is 2.56. The van der Waals surface area contributed by atoms with E-state index >= 15 is 0 Å². The van der Waals surface area contributed by atoms with Gasteiger partial charge in [-0.25, -0.2) is 0 Å². The number of fused-ring (bicyclic) bond motifs is 4. The van der Waals surface area contributed by atoms with Crippen LogP contribution in [0.2, 0.25) is 0 Å². The quantitative estimate of drug-likeness (QED) is 0.660. The fraction of sp³-hybridized carbons (Fsp3) is 0.524. The van der Waals surface area contributed by atoms with Crippen molar-refractivity contribution in [2.45, 2.75) is 57.1 Å². The minimum Gasteiger partial charge on any atom is -0.481 e. The maximum Gasteiger partial charge on any atom is 0.316 e. The zero-order valence-electron chi connectivity index (χ0n) is 15.1. The number of hydrogen-bond acceptors (Lipinski definition) is 3. The molecule has 4 rings (SSSR count). The third-order valence-electron chi connectivity index (χ3n) is 6.06. The Kier molecular flexibility index (Phi) is 4.25. The summed E-state index contributed by atoms with van der Waals surface area (Å²) in [7, 11) is 0. The Morgan fingerprint density at radius 1 is 1.35 bits per heavy atom. The molecular formula is C21H25NO4. The van der Waals surface area contributed by atoms with Gasteiger partial charge in [-0.2, -0.15) is 0 Å². The first-order valence-electron chi connectivity index (χ1n) is 9.50. The van der Waals surface area contributed by atoms with E-state index in [1.165, 1.54) is 18.4 Å². The minimum absolute atomic E-state index is 0.317. The molecule has 1 aliphatic carbocycles. The van der Waals surface area contributed by atoms with Crippen molar-refractivity contribution in [3.63, 3.8) is 0 Å². The van der Waals surface area contributed by atoms with E-state index in [9.17, 15) is 14.7 Å². The van der Waals surface area contributed by atoms with Crippen LogP contribution in [0.5, 0.6) is 5.75 Å². The number of carboxylic acids is 1. The Morgan fingerprint density at radius 3 is 2.88 bits per heavy atom. The van der Waals surface area contributed by atoms with Crippen LogP contribution in [0.1, 0.15) is 56.9 Å². The number of carbonyl (C=O) groups excluding carboxylic acids is 1. The van der Waals surface area contributed by atoms with E-state index in [0.717, 1.165) is 24.8 Å². The number of ether oxygens (including phenoxy) is 1.